The molecule has 0 unspecified atom stereocenters. The van der Waals surface area contributed by atoms with Crippen molar-refractivity contribution in [2.45, 2.75) is 45.7 Å². The number of H-pyrrole nitrogens is 1. The van der Waals surface area contributed by atoms with Crippen LogP contribution < -0.4 is 10.5 Å². The van der Waals surface area contributed by atoms with Gasteiger partial charge in [-0.3, -0.25) is 4.79 Å². The molecule has 1 atom stereocenters. The first kappa shape index (κ1) is 19.5. The van der Waals surface area contributed by atoms with Crippen LogP contribution in [0.1, 0.15) is 49.3 Å². The number of tetrazole rings is 1. The number of hydrogen-bond donors (Lipinski definition) is 1. The number of hydrogen-bond acceptors (Lipinski definition) is 5. The summed E-state index contributed by atoms with van der Waals surface area (Å²) in [5.41, 5.74) is 4.55. The lowest BCUT2D eigenvalue weighted by Gasteiger charge is -2.31. The summed E-state index contributed by atoms with van der Waals surface area (Å²) < 4.78 is 1.83. The average molecular weight is 415 g/mol. The van der Waals surface area contributed by atoms with Crippen LogP contribution in [-0.2, 0) is 12.0 Å². The third kappa shape index (κ3) is 3.30. The van der Waals surface area contributed by atoms with Crippen LogP contribution in [0.15, 0.2) is 53.3 Å². The molecule has 0 bridgehead atoms. The number of rotatable bonds is 3. The zero-order valence-corrected chi connectivity index (χ0v) is 18.3. The minimum Gasteiger partial charge on any atom is -0.357 e. The number of aromatic amines is 1. The van der Waals surface area contributed by atoms with E-state index in [-0.39, 0.29) is 11.1 Å². The summed E-state index contributed by atoms with van der Waals surface area (Å²) in [5, 5.41) is 13.7. The van der Waals surface area contributed by atoms with Gasteiger partial charge in [-0.05, 0) is 79.3 Å². The van der Waals surface area contributed by atoms with Crippen molar-refractivity contribution in [1.82, 2.24) is 25.2 Å². The fourth-order valence-electron chi connectivity index (χ4n) is 4.46. The summed E-state index contributed by atoms with van der Waals surface area (Å²) in [4.78, 5) is 18.7. The van der Waals surface area contributed by atoms with Crippen molar-refractivity contribution < 1.29 is 0 Å². The Kier molecular flexibility index (Phi) is 4.43. The van der Waals surface area contributed by atoms with E-state index in [2.05, 4.69) is 70.4 Å². The van der Waals surface area contributed by atoms with Gasteiger partial charge in [-0.2, -0.15) is 0 Å². The second kappa shape index (κ2) is 7.04. The summed E-state index contributed by atoms with van der Waals surface area (Å²) in [5.74, 6) is 0.668. The number of aryl methyl sites for hydroxylation is 1. The lowest BCUT2D eigenvalue weighted by atomic mass is 10.0. The maximum Gasteiger partial charge on any atom is 0.254 e. The standard InChI is InChI=1S/C24H26N6O/c1-15-9-10-17-14-18(23(31)25-19(17)13-15)21(22-26-27-28-30(22)24(2,3)4)29-12-11-16-7-5-6-8-20(16)29/h5-10,13-14,21H,11-12H2,1-4H3,(H,25,31)/t21-/m0/s1. The highest BCUT2D eigenvalue weighted by molar-refractivity contribution is 5.80. The molecule has 4 aromatic rings. The van der Waals surface area contributed by atoms with Gasteiger partial charge in [-0.25, -0.2) is 4.68 Å². The zero-order chi connectivity index (χ0) is 21.8. The second-order valence-corrected chi connectivity index (χ2v) is 9.24. The van der Waals surface area contributed by atoms with Crippen molar-refractivity contribution in [2.75, 3.05) is 11.4 Å². The highest BCUT2D eigenvalue weighted by atomic mass is 16.1. The summed E-state index contributed by atoms with van der Waals surface area (Å²) in [6.45, 7) is 9.01. The topological polar surface area (TPSA) is 79.7 Å². The summed E-state index contributed by atoms with van der Waals surface area (Å²) >= 11 is 0. The van der Waals surface area contributed by atoms with E-state index in [1.807, 2.05) is 35.9 Å². The molecule has 5 rings (SSSR count). The fraction of sp³-hybridized carbons (Fsp3) is 0.333. The minimum atomic E-state index is -0.396. The molecule has 1 aliphatic heterocycles. The highest BCUT2D eigenvalue weighted by Crippen LogP contribution is 2.38. The van der Waals surface area contributed by atoms with Crippen LogP contribution in [0.5, 0.6) is 0 Å². The number of benzene rings is 2. The number of para-hydroxylation sites is 1. The summed E-state index contributed by atoms with van der Waals surface area (Å²) in [7, 11) is 0. The van der Waals surface area contributed by atoms with Crippen molar-refractivity contribution in [3.8, 4) is 0 Å². The van der Waals surface area contributed by atoms with Gasteiger partial charge < -0.3 is 9.88 Å². The molecule has 0 saturated carbocycles. The van der Waals surface area contributed by atoms with Crippen molar-refractivity contribution >= 4 is 16.6 Å². The molecule has 0 radical (unpaired) electrons. The quantitative estimate of drug-likeness (QED) is 0.553. The van der Waals surface area contributed by atoms with E-state index in [0.29, 0.717) is 11.4 Å². The van der Waals surface area contributed by atoms with E-state index in [1.54, 1.807) is 0 Å². The van der Waals surface area contributed by atoms with Crippen LogP contribution >= 0.6 is 0 Å². The predicted octanol–water partition coefficient (Wildman–Crippen LogP) is 3.73. The summed E-state index contributed by atoms with van der Waals surface area (Å²) in [6, 6.07) is 16.0. The van der Waals surface area contributed by atoms with Gasteiger partial charge in [0.15, 0.2) is 5.82 Å². The smallest absolute Gasteiger partial charge is 0.254 e. The number of nitrogens with one attached hydrogen (secondary N) is 1. The normalized spacial score (nSPS) is 14.8. The van der Waals surface area contributed by atoms with Gasteiger partial charge in [0.2, 0.25) is 0 Å². The first-order valence-corrected chi connectivity index (χ1v) is 10.6. The molecule has 2 aromatic heterocycles. The Morgan fingerprint density at radius 1 is 1.10 bits per heavy atom. The van der Waals surface area contributed by atoms with Gasteiger partial charge in [-0.1, -0.05) is 30.3 Å². The van der Waals surface area contributed by atoms with Crippen molar-refractivity contribution in [1.29, 1.82) is 0 Å². The molecular formula is C24H26N6O. The minimum absolute atomic E-state index is 0.115. The Bertz CT molecular complexity index is 1330. The Labute approximate surface area is 180 Å². The Hall–Kier alpha value is -3.48. The van der Waals surface area contributed by atoms with E-state index in [9.17, 15) is 4.79 Å². The van der Waals surface area contributed by atoms with Gasteiger partial charge in [0, 0.05) is 23.3 Å². The average Bonchev–Trinajstić information content (AvgIpc) is 3.37. The van der Waals surface area contributed by atoms with E-state index >= 15 is 0 Å². The molecule has 2 aromatic carbocycles. The maximum atomic E-state index is 13.4. The highest BCUT2D eigenvalue weighted by Gasteiger charge is 2.36. The summed E-state index contributed by atoms with van der Waals surface area (Å²) in [6.07, 6.45) is 0.925. The Balaban J connectivity index is 1.76. The Morgan fingerprint density at radius 2 is 1.90 bits per heavy atom. The van der Waals surface area contributed by atoms with Crippen molar-refractivity contribution in [3.05, 3.63) is 81.4 Å². The monoisotopic (exact) mass is 414 g/mol. The van der Waals surface area contributed by atoms with E-state index in [0.717, 1.165) is 35.1 Å². The second-order valence-electron chi connectivity index (χ2n) is 9.24. The molecule has 1 N–H and O–H groups in total. The van der Waals surface area contributed by atoms with Crippen LogP contribution in [0.25, 0.3) is 10.9 Å². The molecule has 0 fully saturated rings. The molecule has 0 spiro atoms. The van der Waals surface area contributed by atoms with Gasteiger partial charge in [0.25, 0.3) is 5.56 Å². The van der Waals surface area contributed by atoms with Gasteiger partial charge >= 0.3 is 0 Å². The predicted molar refractivity (Wildman–Crippen MR) is 121 cm³/mol. The van der Waals surface area contributed by atoms with Gasteiger partial charge in [-0.15, -0.1) is 5.10 Å². The van der Waals surface area contributed by atoms with Gasteiger partial charge in [0.05, 0.1) is 5.54 Å². The first-order chi connectivity index (χ1) is 14.8. The van der Waals surface area contributed by atoms with Crippen LogP contribution in [0.3, 0.4) is 0 Å². The van der Waals surface area contributed by atoms with Crippen LogP contribution in [0.2, 0.25) is 0 Å². The molecule has 0 saturated heterocycles. The molecule has 1 aliphatic rings. The molecule has 31 heavy (non-hydrogen) atoms. The van der Waals surface area contributed by atoms with E-state index in [1.165, 1.54) is 5.56 Å². The number of nitrogens with zero attached hydrogens (tertiary/aromatic N) is 5. The maximum absolute atomic E-state index is 13.4. The van der Waals surface area contributed by atoms with Crippen molar-refractivity contribution in [3.63, 3.8) is 0 Å². The Morgan fingerprint density at radius 3 is 2.71 bits per heavy atom. The third-order valence-corrected chi connectivity index (χ3v) is 5.93. The van der Waals surface area contributed by atoms with Crippen LogP contribution in [-0.4, -0.2) is 31.7 Å². The molecule has 7 nitrogen and oxygen atoms in total. The molecule has 0 aliphatic carbocycles. The third-order valence-electron chi connectivity index (χ3n) is 5.93. The number of fused-ring (bicyclic) bond motifs is 2. The number of pyridine rings is 1. The molecule has 7 heteroatoms. The first-order valence-electron chi connectivity index (χ1n) is 10.6. The number of aromatic nitrogens is 5. The molecular weight excluding hydrogens is 388 g/mol. The van der Waals surface area contributed by atoms with E-state index in [4.69, 9.17) is 0 Å². The SMILES string of the molecule is Cc1ccc2cc([C@@H](c3nnnn3C(C)(C)C)N3CCc4ccccc43)c(=O)[nH]c2c1. The lowest BCUT2D eigenvalue weighted by Crippen LogP contribution is -2.37. The molecule has 3 heterocycles. The fourth-order valence-corrected chi connectivity index (χ4v) is 4.46. The van der Waals surface area contributed by atoms with Gasteiger partial charge in [0.1, 0.15) is 6.04 Å². The zero-order valence-electron chi connectivity index (χ0n) is 18.3. The largest absolute Gasteiger partial charge is 0.357 e. The molecule has 158 valence electrons. The van der Waals surface area contributed by atoms with Crippen LogP contribution in [0.4, 0.5) is 5.69 Å². The van der Waals surface area contributed by atoms with E-state index < -0.39 is 6.04 Å². The number of anilines is 1. The van der Waals surface area contributed by atoms with Crippen molar-refractivity contribution in [2.24, 2.45) is 0 Å². The molecule has 0 amide bonds. The lowest BCUT2D eigenvalue weighted by molar-refractivity contribution is 0.329. The van der Waals surface area contributed by atoms with Crippen LogP contribution in [0, 0.1) is 6.92 Å².